The van der Waals surface area contributed by atoms with E-state index in [-0.39, 0.29) is 25.2 Å². The molecule has 0 aliphatic carbocycles. The van der Waals surface area contributed by atoms with Crippen molar-refractivity contribution in [3.8, 4) is 11.5 Å². The minimum absolute atomic E-state index is 0.00193. The van der Waals surface area contributed by atoms with Crippen molar-refractivity contribution in [2.75, 3.05) is 17.2 Å². The van der Waals surface area contributed by atoms with Gasteiger partial charge < -0.3 is 20.1 Å². The number of nitrogens with one attached hydrogen (secondary N) is 2. The second-order valence-electron chi connectivity index (χ2n) is 7.67. The molecule has 0 spiro atoms. The largest absolute Gasteiger partial charge is 0.457 e. The highest BCUT2D eigenvalue weighted by Crippen LogP contribution is 2.25. The first kappa shape index (κ1) is 26.1. The fourth-order valence-corrected chi connectivity index (χ4v) is 3.30. The SMILES string of the molecule is Cc1ccc(Oc2ccc(NC(=O)CCCC(=O)OCC(=O)Nc3cc(Cl)ccc3Cl)cc2)cc1. The molecule has 0 aliphatic rings. The van der Waals surface area contributed by atoms with E-state index in [1.165, 1.54) is 6.07 Å². The molecule has 2 N–H and O–H groups in total. The molecule has 2 amide bonds. The normalized spacial score (nSPS) is 10.4. The Kier molecular flexibility index (Phi) is 9.52. The van der Waals surface area contributed by atoms with E-state index in [0.717, 1.165) is 11.3 Å². The van der Waals surface area contributed by atoms with Gasteiger partial charge in [0.25, 0.3) is 5.91 Å². The predicted octanol–water partition coefficient (Wildman–Crippen LogP) is 6.38. The second-order valence-corrected chi connectivity index (χ2v) is 8.52. The van der Waals surface area contributed by atoms with Crippen LogP contribution in [0.3, 0.4) is 0 Å². The Morgan fingerprint density at radius 1 is 0.800 bits per heavy atom. The minimum Gasteiger partial charge on any atom is -0.457 e. The van der Waals surface area contributed by atoms with E-state index >= 15 is 0 Å². The number of rotatable bonds is 10. The Balaban J connectivity index is 1.33. The molecule has 9 heteroatoms. The monoisotopic (exact) mass is 514 g/mol. The smallest absolute Gasteiger partial charge is 0.306 e. The maximum atomic E-state index is 12.1. The molecule has 0 unspecified atom stereocenters. The quantitative estimate of drug-likeness (QED) is 0.306. The lowest BCUT2D eigenvalue weighted by molar-refractivity contribution is -0.147. The molecule has 3 rings (SSSR count). The highest BCUT2D eigenvalue weighted by Gasteiger charge is 2.11. The Labute approximate surface area is 213 Å². The van der Waals surface area contributed by atoms with Gasteiger partial charge in [0.1, 0.15) is 11.5 Å². The fourth-order valence-electron chi connectivity index (χ4n) is 2.96. The third-order valence-electron chi connectivity index (χ3n) is 4.75. The molecular weight excluding hydrogens is 491 g/mol. The van der Waals surface area contributed by atoms with Crippen LogP contribution in [-0.4, -0.2) is 24.4 Å². The number of esters is 1. The average Bonchev–Trinajstić information content (AvgIpc) is 2.83. The summed E-state index contributed by atoms with van der Waals surface area (Å²) in [6.45, 7) is 1.54. The summed E-state index contributed by atoms with van der Waals surface area (Å²) in [5, 5.41) is 6.01. The van der Waals surface area contributed by atoms with Gasteiger partial charge in [0.05, 0.1) is 10.7 Å². The van der Waals surface area contributed by atoms with Gasteiger partial charge in [-0.25, -0.2) is 0 Å². The van der Waals surface area contributed by atoms with Crippen molar-refractivity contribution in [3.63, 3.8) is 0 Å². The number of hydrogen-bond donors (Lipinski definition) is 2. The molecule has 0 aliphatic heterocycles. The molecule has 3 aromatic carbocycles. The van der Waals surface area contributed by atoms with Crippen LogP contribution in [0.2, 0.25) is 10.0 Å². The summed E-state index contributed by atoms with van der Waals surface area (Å²) in [5.41, 5.74) is 2.09. The van der Waals surface area contributed by atoms with E-state index < -0.39 is 18.5 Å². The number of halogens is 2. The van der Waals surface area contributed by atoms with Crippen molar-refractivity contribution in [1.29, 1.82) is 0 Å². The van der Waals surface area contributed by atoms with Gasteiger partial charge in [-0.05, 0) is 67.9 Å². The zero-order valence-corrected chi connectivity index (χ0v) is 20.5. The lowest BCUT2D eigenvalue weighted by Gasteiger charge is -2.09. The summed E-state index contributed by atoms with van der Waals surface area (Å²) in [5.74, 6) is 0.0115. The van der Waals surface area contributed by atoms with Crippen LogP contribution in [0.25, 0.3) is 0 Å². The van der Waals surface area contributed by atoms with E-state index in [2.05, 4.69) is 10.6 Å². The third kappa shape index (κ3) is 8.96. The number of carbonyl (C=O) groups is 3. The van der Waals surface area contributed by atoms with Gasteiger partial charge in [0.2, 0.25) is 5.91 Å². The second kappa shape index (κ2) is 12.8. The molecule has 0 radical (unpaired) electrons. The zero-order valence-electron chi connectivity index (χ0n) is 19.0. The summed E-state index contributed by atoms with van der Waals surface area (Å²) in [6, 6.07) is 19.3. The van der Waals surface area contributed by atoms with Crippen LogP contribution in [0, 0.1) is 6.92 Å². The molecule has 35 heavy (non-hydrogen) atoms. The number of ether oxygens (including phenoxy) is 2. The van der Waals surface area contributed by atoms with Crippen LogP contribution in [0.4, 0.5) is 11.4 Å². The summed E-state index contributed by atoms with van der Waals surface area (Å²) in [4.78, 5) is 36.0. The van der Waals surface area contributed by atoms with Crippen molar-refractivity contribution >= 4 is 52.4 Å². The van der Waals surface area contributed by atoms with Crippen LogP contribution in [0.15, 0.2) is 66.7 Å². The first-order chi connectivity index (χ1) is 16.8. The first-order valence-corrected chi connectivity index (χ1v) is 11.6. The van der Waals surface area contributed by atoms with Gasteiger partial charge in [-0.2, -0.15) is 0 Å². The molecule has 0 atom stereocenters. The van der Waals surface area contributed by atoms with Gasteiger partial charge in [-0.15, -0.1) is 0 Å². The van der Waals surface area contributed by atoms with Crippen LogP contribution < -0.4 is 15.4 Å². The van der Waals surface area contributed by atoms with Gasteiger partial charge in [-0.1, -0.05) is 40.9 Å². The fraction of sp³-hybridized carbons (Fsp3) is 0.192. The van der Waals surface area contributed by atoms with Crippen LogP contribution in [0.1, 0.15) is 24.8 Å². The number of carbonyl (C=O) groups excluding carboxylic acids is 3. The summed E-state index contributed by atoms with van der Waals surface area (Å²) in [7, 11) is 0. The van der Waals surface area contributed by atoms with Crippen molar-refractivity contribution < 1.29 is 23.9 Å². The van der Waals surface area contributed by atoms with Crippen molar-refractivity contribution in [1.82, 2.24) is 0 Å². The highest BCUT2D eigenvalue weighted by molar-refractivity contribution is 6.35. The van der Waals surface area contributed by atoms with Gasteiger partial charge in [0, 0.05) is 23.6 Å². The standard InChI is InChI=1S/C26H24Cl2N2O5/c1-17-5-10-20(11-6-17)35-21-12-8-19(9-13-21)29-24(31)3-2-4-26(33)34-16-25(32)30-23-15-18(27)7-14-22(23)28/h5-15H,2-4,16H2,1H3,(H,29,31)(H,30,32). The summed E-state index contributed by atoms with van der Waals surface area (Å²) >= 11 is 11.8. The molecule has 0 fully saturated rings. The number of hydrogen-bond acceptors (Lipinski definition) is 5. The lowest BCUT2D eigenvalue weighted by atomic mass is 10.2. The topological polar surface area (TPSA) is 93.7 Å². The third-order valence-corrected chi connectivity index (χ3v) is 5.31. The Bertz CT molecular complexity index is 1180. The number of aryl methyl sites for hydroxylation is 1. The lowest BCUT2D eigenvalue weighted by Crippen LogP contribution is -2.21. The van der Waals surface area contributed by atoms with Crippen LogP contribution in [-0.2, 0) is 19.1 Å². The molecule has 0 heterocycles. The molecule has 0 aromatic heterocycles. The molecule has 182 valence electrons. The Hall–Kier alpha value is -3.55. The van der Waals surface area contributed by atoms with E-state index in [4.69, 9.17) is 32.7 Å². The number of benzene rings is 3. The van der Waals surface area contributed by atoms with E-state index in [1.807, 2.05) is 31.2 Å². The van der Waals surface area contributed by atoms with Crippen molar-refractivity contribution in [3.05, 3.63) is 82.3 Å². The molecule has 0 saturated carbocycles. The van der Waals surface area contributed by atoms with Gasteiger partial charge in [-0.3, -0.25) is 14.4 Å². The number of amides is 2. The Morgan fingerprint density at radius 3 is 2.14 bits per heavy atom. The van der Waals surface area contributed by atoms with Gasteiger partial charge in [0.15, 0.2) is 6.61 Å². The van der Waals surface area contributed by atoms with Crippen molar-refractivity contribution in [2.45, 2.75) is 26.2 Å². The average molecular weight is 515 g/mol. The van der Waals surface area contributed by atoms with E-state index in [0.29, 0.717) is 27.2 Å². The summed E-state index contributed by atoms with van der Waals surface area (Å²) < 4.78 is 10.7. The van der Waals surface area contributed by atoms with Crippen LogP contribution >= 0.6 is 23.2 Å². The molecular formula is C26H24Cl2N2O5. The maximum Gasteiger partial charge on any atom is 0.306 e. The van der Waals surface area contributed by atoms with Gasteiger partial charge >= 0.3 is 5.97 Å². The molecule has 3 aromatic rings. The number of anilines is 2. The predicted molar refractivity (Wildman–Crippen MR) is 136 cm³/mol. The molecule has 7 nitrogen and oxygen atoms in total. The molecule has 0 bridgehead atoms. The first-order valence-electron chi connectivity index (χ1n) is 10.8. The highest BCUT2D eigenvalue weighted by atomic mass is 35.5. The molecule has 0 saturated heterocycles. The summed E-state index contributed by atoms with van der Waals surface area (Å²) in [6.07, 6.45) is 0.407. The van der Waals surface area contributed by atoms with Crippen molar-refractivity contribution in [2.24, 2.45) is 0 Å². The Morgan fingerprint density at radius 2 is 1.46 bits per heavy atom. The zero-order chi connectivity index (χ0) is 25.2. The van der Waals surface area contributed by atoms with Crippen LogP contribution in [0.5, 0.6) is 11.5 Å². The maximum absolute atomic E-state index is 12.1. The van der Waals surface area contributed by atoms with E-state index in [9.17, 15) is 14.4 Å². The van der Waals surface area contributed by atoms with E-state index in [1.54, 1.807) is 36.4 Å². The minimum atomic E-state index is -0.581.